The van der Waals surface area contributed by atoms with E-state index in [4.69, 9.17) is 17.3 Å². The van der Waals surface area contributed by atoms with Crippen molar-refractivity contribution < 1.29 is 15.0 Å². The number of hydrogen-bond donors (Lipinski definition) is 3. The van der Waals surface area contributed by atoms with Gasteiger partial charge in [-0.05, 0) is 63.7 Å². The van der Waals surface area contributed by atoms with Crippen LogP contribution in [0.5, 0.6) is 5.75 Å². The first kappa shape index (κ1) is 15.9. The number of aromatic hydroxyl groups is 1. The fraction of sp³-hybridized carbons (Fsp3) is 0.273. The zero-order valence-electron chi connectivity index (χ0n) is 9.41. The van der Waals surface area contributed by atoms with Crippen molar-refractivity contribution in [3.8, 4) is 5.75 Å². The molecule has 0 amide bonds. The molecule has 7 heteroatoms. The molecule has 18 heavy (non-hydrogen) atoms. The van der Waals surface area contributed by atoms with Gasteiger partial charge >= 0.3 is 5.97 Å². The van der Waals surface area contributed by atoms with Crippen LogP contribution >= 0.6 is 57.4 Å². The normalized spacial score (nSPS) is 11.9. The highest BCUT2D eigenvalue weighted by atomic mass is 127. The van der Waals surface area contributed by atoms with Crippen LogP contribution in [0.2, 0.25) is 0 Å². The van der Waals surface area contributed by atoms with Crippen LogP contribution in [0.25, 0.3) is 0 Å². The van der Waals surface area contributed by atoms with Crippen LogP contribution in [0.15, 0.2) is 12.1 Å². The number of thiocarbonyl (C=S) groups is 1. The van der Waals surface area contributed by atoms with Crippen LogP contribution in [0, 0.1) is 7.14 Å². The Labute approximate surface area is 137 Å². The SMILES string of the molecule is CC(=S)NC(Cc1ccc(O)c(I)c1I)C(=O)O. The molecule has 0 saturated carbocycles. The van der Waals surface area contributed by atoms with Gasteiger partial charge in [0.25, 0.3) is 0 Å². The predicted octanol–water partition coefficient (Wildman–Crippen LogP) is 2.53. The maximum atomic E-state index is 11.1. The summed E-state index contributed by atoms with van der Waals surface area (Å²) in [5.41, 5.74) is 0.869. The summed E-state index contributed by atoms with van der Waals surface area (Å²) in [4.78, 5) is 11.6. The zero-order chi connectivity index (χ0) is 13.9. The largest absolute Gasteiger partial charge is 0.507 e. The summed E-state index contributed by atoms with van der Waals surface area (Å²) in [6, 6.07) is 2.55. The smallest absolute Gasteiger partial charge is 0.326 e. The molecule has 0 heterocycles. The first-order valence-electron chi connectivity index (χ1n) is 4.98. The fourth-order valence-corrected chi connectivity index (χ4v) is 2.75. The quantitative estimate of drug-likeness (QED) is 0.447. The van der Waals surface area contributed by atoms with Crippen LogP contribution < -0.4 is 5.32 Å². The summed E-state index contributed by atoms with van der Waals surface area (Å²) in [5, 5.41) is 21.4. The molecular formula is C11H11I2NO3S. The van der Waals surface area contributed by atoms with Crippen molar-refractivity contribution in [1.29, 1.82) is 0 Å². The second-order valence-corrected chi connectivity index (χ2v) is 6.44. The highest BCUT2D eigenvalue weighted by molar-refractivity contribution is 14.1. The highest BCUT2D eigenvalue weighted by Gasteiger charge is 2.20. The number of carboxylic acids is 1. The lowest BCUT2D eigenvalue weighted by Gasteiger charge is -2.16. The molecular weight excluding hydrogens is 480 g/mol. The summed E-state index contributed by atoms with van der Waals surface area (Å²) in [6.45, 7) is 1.65. The Morgan fingerprint density at radius 2 is 2.06 bits per heavy atom. The maximum Gasteiger partial charge on any atom is 0.326 e. The lowest BCUT2D eigenvalue weighted by Crippen LogP contribution is -2.40. The van der Waals surface area contributed by atoms with Gasteiger partial charge in [-0.15, -0.1) is 0 Å². The number of benzene rings is 1. The van der Waals surface area contributed by atoms with E-state index in [-0.39, 0.29) is 5.75 Å². The van der Waals surface area contributed by atoms with Gasteiger partial charge in [-0.2, -0.15) is 0 Å². The summed E-state index contributed by atoms with van der Waals surface area (Å²) in [5.74, 6) is -0.743. The van der Waals surface area contributed by atoms with Crippen molar-refractivity contribution in [3.63, 3.8) is 0 Å². The topological polar surface area (TPSA) is 69.6 Å². The van der Waals surface area contributed by atoms with Crippen LogP contribution in [-0.2, 0) is 11.2 Å². The third-order valence-corrected chi connectivity index (χ3v) is 5.72. The zero-order valence-corrected chi connectivity index (χ0v) is 14.5. The van der Waals surface area contributed by atoms with Gasteiger partial charge in [-0.1, -0.05) is 18.3 Å². The van der Waals surface area contributed by atoms with Gasteiger partial charge in [0.2, 0.25) is 0 Å². The van der Waals surface area contributed by atoms with Crippen molar-refractivity contribution in [2.24, 2.45) is 0 Å². The molecule has 1 aromatic carbocycles. The Morgan fingerprint density at radius 1 is 1.44 bits per heavy atom. The summed E-state index contributed by atoms with van der Waals surface area (Å²) < 4.78 is 1.59. The highest BCUT2D eigenvalue weighted by Crippen LogP contribution is 2.28. The molecule has 4 nitrogen and oxygen atoms in total. The van der Waals surface area contributed by atoms with E-state index in [0.29, 0.717) is 11.4 Å². The molecule has 0 spiro atoms. The molecule has 1 rings (SSSR count). The minimum absolute atomic E-state index is 0.203. The van der Waals surface area contributed by atoms with Crippen LogP contribution in [0.1, 0.15) is 12.5 Å². The summed E-state index contributed by atoms with van der Waals surface area (Å²) in [7, 11) is 0. The van der Waals surface area contributed by atoms with Gasteiger partial charge in [-0.25, -0.2) is 4.79 Å². The van der Waals surface area contributed by atoms with Gasteiger partial charge in [0.1, 0.15) is 11.8 Å². The Bertz CT molecular complexity index is 493. The van der Waals surface area contributed by atoms with Crippen LogP contribution in [-0.4, -0.2) is 27.2 Å². The number of aliphatic carboxylic acids is 1. The Morgan fingerprint density at radius 3 is 2.56 bits per heavy atom. The monoisotopic (exact) mass is 491 g/mol. The number of nitrogens with one attached hydrogen (secondary N) is 1. The third-order valence-electron chi connectivity index (χ3n) is 2.24. The molecule has 0 aromatic heterocycles. The molecule has 0 radical (unpaired) electrons. The van der Waals surface area contributed by atoms with E-state index in [1.54, 1.807) is 19.1 Å². The fourth-order valence-electron chi connectivity index (χ4n) is 1.40. The summed E-state index contributed by atoms with van der Waals surface area (Å²) >= 11 is 9.00. The number of halogens is 2. The van der Waals surface area contributed by atoms with Gasteiger partial charge < -0.3 is 15.5 Å². The lowest BCUT2D eigenvalue weighted by molar-refractivity contribution is -0.139. The number of phenolic OH excluding ortho intramolecular Hbond substituents is 1. The third kappa shape index (κ3) is 4.19. The molecule has 1 unspecified atom stereocenters. The van der Waals surface area contributed by atoms with Crippen molar-refractivity contribution >= 4 is 68.4 Å². The molecule has 0 saturated heterocycles. The molecule has 0 bridgehead atoms. The molecule has 1 atom stereocenters. The van der Waals surface area contributed by atoms with Gasteiger partial charge in [0.05, 0.1) is 8.56 Å². The van der Waals surface area contributed by atoms with Crippen molar-refractivity contribution in [2.45, 2.75) is 19.4 Å². The maximum absolute atomic E-state index is 11.1. The molecule has 1 aromatic rings. The number of hydrogen-bond acceptors (Lipinski definition) is 3. The molecule has 0 aliphatic carbocycles. The Hall–Kier alpha value is -0.160. The van der Waals surface area contributed by atoms with E-state index in [2.05, 4.69) is 27.9 Å². The van der Waals surface area contributed by atoms with Crippen molar-refractivity contribution in [1.82, 2.24) is 5.32 Å². The predicted molar refractivity (Wildman–Crippen MR) is 90.1 cm³/mol. The second-order valence-electron chi connectivity index (χ2n) is 3.67. The Balaban J connectivity index is 2.98. The number of carbonyl (C=O) groups is 1. The second kappa shape index (κ2) is 6.85. The molecule has 0 aliphatic rings. The molecule has 0 fully saturated rings. The van der Waals surface area contributed by atoms with Crippen LogP contribution in [0.3, 0.4) is 0 Å². The summed E-state index contributed by atoms with van der Waals surface area (Å²) in [6.07, 6.45) is 0.317. The van der Waals surface area contributed by atoms with Gasteiger partial charge in [0.15, 0.2) is 0 Å². The van der Waals surface area contributed by atoms with Crippen molar-refractivity contribution in [3.05, 3.63) is 24.8 Å². The average Bonchev–Trinajstić information content (AvgIpc) is 2.28. The standard InChI is InChI=1S/C11H11I2NO3S/c1-5(18)14-7(11(16)17)4-6-2-3-8(15)10(13)9(6)12/h2-3,7,15H,4H2,1H3,(H,14,18)(H,16,17). The molecule has 0 aliphatic heterocycles. The molecule has 98 valence electrons. The minimum Gasteiger partial charge on any atom is -0.507 e. The van der Waals surface area contributed by atoms with Gasteiger partial charge in [0, 0.05) is 9.99 Å². The number of rotatable bonds is 4. The minimum atomic E-state index is -0.946. The lowest BCUT2D eigenvalue weighted by atomic mass is 10.1. The van der Waals surface area contributed by atoms with E-state index in [9.17, 15) is 9.90 Å². The molecule has 3 N–H and O–H groups in total. The van der Waals surface area contributed by atoms with E-state index in [0.717, 1.165) is 12.7 Å². The Kier molecular flexibility index (Phi) is 6.05. The average molecular weight is 491 g/mol. The van der Waals surface area contributed by atoms with E-state index in [1.165, 1.54) is 0 Å². The number of carboxylic acid groups (broad SMARTS) is 1. The van der Waals surface area contributed by atoms with E-state index < -0.39 is 12.0 Å². The van der Waals surface area contributed by atoms with E-state index in [1.807, 2.05) is 22.6 Å². The first-order chi connectivity index (χ1) is 8.32. The van der Waals surface area contributed by atoms with Crippen LogP contribution in [0.4, 0.5) is 0 Å². The van der Waals surface area contributed by atoms with Crippen molar-refractivity contribution in [2.75, 3.05) is 0 Å². The van der Waals surface area contributed by atoms with E-state index >= 15 is 0 Å². The number of phenols is 1. The van der Waals surface area contributed by atoms with Gasteiger partial charge in [-0.3, -0.25) is 0 Å². The first-order valence-corrected chi connectivity index (χ1v) is 7.55.